The fourth-order valence-corrected chi connectivity index (χ4v) is 8.79. The Balaban J connectivity index is 1.11. The van der Waals surface area contributed by atoms with Crippen LogP contribution in [-0.4, -0.2) is 19.5 Å². The summed E-state index contributed by atoms with van der Waals surface area (Å²) in [6.45, 7) is 0. The van der Waals surface area contributed by atoms with E-state index in [9.17, 15) is 0 Å². The van der Waals surface area contributed by atoms with Gasteiger partial charge in [0.15, 0.2) is 17.5 Å². The fourth-order valence-electron chi connectivity index (χ4n) is 7.57. The summed E-state index contributed by atoms with van der Waals surface area (Å²) in [6, 6.07) is 47.7. The fraction of sp³-hybridized carbons (Fsp3) is 0. The first-order valence-corrected chi connectivity index (χ1v) is 19.0. The first-order chi connectivity index (χ1) is 30.7. The smallest absolute Gasteiger partial charge is 0.166 e. The van der Waals surface area contributed by atoms with E-state index < -0.39 is 12.1 Å². The summed E-state index contributed by atoms with van der Waals surface area (Å²) in [4.78, 5) is 15.2. The van der Waals surface area contributed by atoms with Gasteiger partial charge in [-0.3, -0.25) is 0 Å². The quantitative estimate of drug-likeness (QED) is 0.171. The van der Waals surface area contributed by atoms with Crippen molar-refractivity contribution in [3.8, 4) is 62.1 Å². The Morgan fingerprint density at radius 1 is 0.411 bits per heavy atom. The molecule has 0 saturated heterocycles. The van der Waals surface area contributed by atoms with Crippen LogP contribution in [0.1, 0.15) is 9.60 Å². The van der Waals surface area contributed by atoms with Gasteiger partial charge < -0.3 is 4.57 Å². The molecule has 0 fully saturated rings. The van der Waals surface area contributed by atoms with Gasteiger partial charge in [0.2, 0.25) is 0 Å². The lowest BCUT2D eigenvalue weighted by molar-refractivity contribution is 1.06. The second-order valence-corrected chi connectivity index (χ2v) is 14.5. The molecule has 0 aliphatic carbocycles. The molecule has 3 heterocycles. The lowest BCUT2D eigenvalue weighted by Gasteiger charge is -2.14. The zero-order chi connectivity index (χ0) is 43.1. The molecular weight excluding hydrogens is 701 g/mol. The molecule has 0 atom stereocenters. The second kappa shape index (κ2) is 13.3. The van der Waals surface area contributed by atoms with Gasteiger partial charge in [-0.2, -0.15) is 0 Å². The lowest BCUT2D eigenvalue weighted by atomic mass is 9.99. The highest BCUT2D eigenvalue weighted by Gasteiger charge is 2.19. The minimum atomic E-state index is -0.459. The third kappa shape index (κ3) is 5.40. The number of fused-ring (bicyclic) bond motifs is 6. The summed E-state index contributed by atoms with van der Waals surface area (Å²) in [5.74, 6) is 1.14. The standard InChI is InChI=1S/C51H32N4S/c1-3-15-33(16-4-1)35-29-30-47-43(32-35)41-25-14-24-38(48(41)56-47)36-19-13-20-37(31-36)50-52-49(34-17-5-2-6-18-34)53-51(54-50)42-23-9-12-28-46(42)55-44-26-10-7-21-39(44)40-22-8-11-27-45(40)55/h1-32H/i7D,8D,10D,21D,22D,26D,27D. The topological polar surface area (TPSA) is 43.6 Å². The number of para-hydroxylation sites is 3. The van der Waals surface area contributed by atoms with Crippen molar-refractivity contribution >= 4 is 53.3 Å². The van der Waals surface area contributed by atoms with Crippen molar-refractivity contribution in [1.29, 1.82) is 0 Å². The Morgan fingerprint density at radius 2 is 1.05 bits per heavy atom. The van der Waals surface area contributed by atoms with Crippen LogP contribution in [0.4, 0.5) is 0 Å². The molecule has 0 unspecified atom stereocenters. The molecule has 0 radical (unpaired) electrons. The van der Waals surface area contributed by atoms with Crippen LogP contribution in [0.25, 0.3) is 104 Å². The maximum atomic E-state index is 9.11. The van der Waals surface area contributed by atoms with Gasteiger partial charge in [-0.05, 0) is 64.7 Å². The zero-order valence-electron chi connectivity index (χ0n) is 36.6. The van der Waals surface area contributed by atoms with Gasteiger partial charge in [-0.15, -0.1) is 11.3 Å². The minimum Gasteiger partial charge on any atom is -0.309 e. The van der Waals surface area contributed by atoms with Crippen molar-refractivity contribution in [2.75, 3.05) is 0 Å². The molecule has 262 valence electrons. The van der Waals surface area contributed by atoms with Crippen LogP contribution in [0, 0.1) is 0 Å². The van der Waals surface area contributed by atoms with E-state index in [0.717, 1.165) is 22.3 Å². The highest BCUT2D eigenvalue weighted by molar-refractivity contribution is 7.26. The molecule has 8 aromatic carbocycles. The number of benzene rings is 8. The van der Waals surface area contributed by atoms with Gasteiger partial charge in [0.1, 0.15) is 0 Å². The van der Waals surface area contributed by atoms with Crippen LogP contribution in [0.2, 0.25) is 0 Å². The van der Waals surface area contributed by atoms with Crippen LogP contribution >= 0.6 is 11.3 Å². The van der Waals surface area contributed by atoms with E-state index in [1.165, 1.54) is 37.4 Å². The van der Waals surface area contributed by atoms with Gasteiger partial charge in [0.25, 0.3) is 0 Å². The average molecular weight is 740 g/mol. The second-order valence-electron chi connectivity index (χ2n) is 13.5. The van der Waals surface area contributed by atoms with Crippen molar-refractivity contribution in [2.45, 2.75) is 0 Å². The van der Waals surface area contributed by atoms with Crippen molar-refractivity contribution in [3.05, 3.63) is 194 Å². The maximum Gasteiger partial charge on any atom is 0.166 e. The van der Waals surface area contributed by atoms with E-state index in [1.54, 1.807) is 28.0 Å². The van der Waals surface area contributed by atoms with E-state index in [0.29, 0.717) is 28.7 Å². The predicted octanol–water partition coefficient (Wildman–Crippen LogP) is 13.7. The summed E-state index contributed by atoms with van der Waals surface area (Å²) in [6.07, 6.45) is 0. The predicted molar refractivity (Wildman–Crippen MR) is 234 cm³/mol. The molecule has 0 N–H and O–H groups in total. The van der Waals surface area contributed by atoms with E-state index in [1.807, 2.05) is 60.7 Å². The molecule has 4 nitrogen and oxygen atoms in total. The van der Waals surface area contributed by atoms with Crippen molar-refractivity contribution < 1.29 is 9.60 Å². The third-order valence-electron chi connectivity index (χ3n) is 10.2. The molecule has 0 bridgehead atoms. The first kappa shape index (κ1) is 25.7. The Bertz CT molecular complexity index is 3660. The molecule has 0 saturated carbocycles. The highest BCUT2D eigenvalue weighted by Crippen LogP contribution is 2.42. The van der Waals surface area contributed by atoms with Crippen LogP contribution in [0.15, 0.2) is 194 Å². The summed E-state index contributed by atoms with van der Waals surface area (Å²) >= 11 is 1.77. The third-order valence-corrected chi connectivity index (χ3v) is 11.4. The van der Waals surface area contributed by atoms with Gasteiger partial charge >= 0.3 is 0 Å². The van der Waals surface area contributed by atoms with E-state index >= 15 is 0 Å². The van der Waals surface area contributed by atoms with Gasteiger partial charge in [-0.25, -0.2) is 15.0 Å². The Morgan fingerprint density at radius 3 is 1.91 bits per heavy atom. The number of aromatic nitrogens is 4. The Kier molecular flexibility index (Phi) is 6.10. The molecule has 0 aliphatic rings. The zero-order valence-corrected chi connectivity index (χ0v) is 30.4. The summed E-state index contributed by atoms with van der Waals surface area (Å²) in [5.41, 5.74) is 7.17. The number of hydrogen-bond acceptors (Lipinski definition) is 4. The molecule has 3 aromatic heterocycles. The average Bonchev–Trinajstić information content (AvgIpc) is 3.89. The number of nitrogens with zero attached hydrogens (tertiary/aromatic N) is 4. The lowest BCUT2D eigenvalue weighted by Crippen LogP contribution is -2.03. The number of thiophene rings is 1. The van der Waals surface area contributed by atoms with Crippen LogP contribution in [-0.2, 0) is 0 Å². The molecule has 5 heteroatoms. The Hall–Kier alpha value is -7.21. The van der Waals surface area contributed by atoms with Gasteiger partial charge in [0, 0.05) is 47.6 Å². The van der Waals surface area contributed by atoms with Crippen LogP contribution < -0.4 is 0 Å². The molecule has 0 amide bonds. The van der Waals surface area contributed by atoms with Gasteiger partial charge in [0.05, 0.1) is 26.3 Å². The molecule has 11 rings (SSSR count). The highest BCUT2D eigenvalue weighted by atomic mass is 32.1. The van der Waals surface area contributed by atoms with E-state index in [4.69, 9.17) is 24.5 Å². The molecular formula is C51H32N4S. The summed E-state index contributed by atoms with van der Waals surface area (Å²) in [7, 11) is 0. The number of rotatable bonds is 6. The maximum absolute atomic E-state index is 9.11. The molecule has 11 aromatic rings. The largest absolute Gasteiger partial charge is 0.309 e. The van der Waals surface area contributed by atoms with Crippen LogP contribution in [0.3, 0.4) is 0 Å². The summed E-state index contributed by atoms with van der Waals surface area (Å²) < 4.78 is 65.6. The molecule has 56 heavy (non-hydrogen) atoms. The van der Waals surface area contributed by atoms with E-state index in [2.05, 4.69) is 72.8 Å². The van der Waals surface area contributed by atoms with Crippen molar-refractivity contribution in [3.63, 3.8) is 0 Å². The SMILES string of the molecule is [2H]c1cc([2H])c2c(c1[2H])c1c([2H])c([2H])c([2H])c([2H])c1n2-c1ccccc1-c1nc(-c2ccccc2)nc(-c2cccc(-c3cccc4c3sc3ccc(-c5ccccc5)cc34)c2)n1. The van der Waals surface area contributed by atoms with Crippen LogP contribution in [0.5, 0.6) is 0 Å². The normalized spacial score (nSPS) is 13.3. The van der Waals surface area contributed by atoms with Crippen molar-refractivity contribution in [1.82, 2.24) is 19.5 Å². The van der Waals surface area contributed by atoms with Crippen molar-refractivity contribution in [2.24, 2.45) is 0 Å². The summed E-state index contributed by atoms with van der Waals surface area (Å²) in [5, 5.41) is 2.57. The monoisotopic (exact) mass is 739 g/mol. The number of hydrogen-bond donors (Lipinski definition) is 0. The van der Waals surface area contributed by atoms with Gasteiger partial charge in [-0.1, -0.05) is 152 Å². The van der Waals surface area contributed by atoms with E-state index in [-0.39, 0.29) is 52.0 Å². The minimum absolute atomic E-state index is 0.0711. The molecule has 0 spiro atoms. The Labute approximate surface area is 337 Å². The molecule has 0 aliphatic heterocycles. The first-order valence-electron chi connectivity index (χ1n) is 21.7.